The summed E-state index contributed by atoms with van der Waals surface area (Å²) in [6.07, 6.45) is 2.52. The lowest BCUT2D eigenvalue weighted by atomic mass is 9.77. The number of carbonyl (C=O) groups is 2. The van der Waals surface area contributed by atoms with Crippen molar-refractivity contribution in [2.75, 3.05) is 40.0 Å². The van der Waals surface area contributed by atoms with E-state index >= 15 is 0 Å². The number of amides is 2. The SMILES string of the molecule is C=CCCC(=O)N(CCCOCC)C1C=C(C(=O)NCCO)C2c3cc(CO)cc(OC)c3OC2C1O. The van der Waals surface area contributed by atoms with Crippen molar-refractivity contribution in [1.82, 2.24) is 10.2 Å². The number of allylic oxidation sites excluding steroid dienone is 1. The smallest absolute Gasteiger partial charge is 0.247 e. The van der Waals surface area contributed by atoms with Crippen LogP contribution in [0.4, 0.5) is 0 Å². The Kier molecular flexibility index (Phi) is 10.5. The highest BCUT2D eigenvalue weighted by atomic mass is 16.5. The van der Waals surface area contributed by atoms with Crippen LogP contribution < -0.4 is 14.8 Å². The molecule has 0 aromatic heterocycles. The molecule has 0 radical (unpaired) electrons. The Morgan fingerprint density at radius 1 is 1.30 bits per heavy atom. The van der Waals surface area contributed by atoms with Gasteiger partial charge in [0.1, 0.15) is 12.2 Å². The first-order chi connectivity index (χ1) is 17.9. The largest absolute Gasteiger partial charge is 0.493 e. The van der Waals surface area contributed by atoms with Crippen molar-refractivity contribution in [1.29, 1.82) is 0 Å². The molecule has 1 aliphatic carbocycles. The molecule has 1 heterocycles. The molecule has 10 heteroatoms. The van der Waals surface area contributed by atoms with E-state index in [4.69, 9.17) is 14.2 Å². The summed E-state index contributed by atoms with van der Waals surface area (Å²) < 4.78 is 17.1. The molecular formula is C27H38N2O8. The Morgan fingerprint density at radius 3 is 2.73 bits per heavy atom. The number of rotatable bonds is 14. The molecule has 0 saturated heterocycles. The van der Waals surface area contributed by atoms with E-state index in [1.54, 1.807) is 29.2 Å². The van der Waals surface area contributed by atoms with Gasteiger partial charge in [-0.1, -0.05) is 6.08 Å². The van der Waals surface area contributed by atoms with Gasteiger partial charge in [0.05, 0.1) is 32.3 Å². The summed E-state index contributed by atoms with van der Waals surface area (Å²) in [4.78, 5) is 28.1. The van der Waals surface area contributed by atoms with E-state index in [0.717, 1.165) is 0 Å². The number of methoxy groups -OCH3 is 1. The highest BCUT2D eigenvalue weighted by molar-refractivity contribution is 5.96. The van der Waals surface area contributed by atoms with Gasteiger partial charge in [-0.05, 0) is 43.5 Å². The van der Waals surface area contributed by atoms with Crippen molar-refractivity contribution in [3.8, 4) is 11.5 Å². The van der Waals surface area contributed by atoms with Crippen LogP contribution in [-0.4, -0.2) is 90.3 Å². The van der Waals surface area contributed by atoms with Crippen molar-refractivity contribution in [3.63, 3.8) is 0 Å². The van der Waals surface area contributed by atoms with Gasteiger partial charge >= 0.3 is 0 Å². The minimum Gasteiger partial charge on any atom is -0.493 e. The predicted octanol–water partition coefficient (Wildman–Crippen LogP) is 1.03. The van der Waals surface area contributed by atoms with Crippen LogP contribution >= 0.6 is 0 Å². The van der Waals surface area contributed by atoms with E-state index in [1.165, 1.54) is 7.11 Å². The lowest BCUT2D eigenvalue weighted by Crippen LogP contribution is -2.56. The Bertz CT molecular complexity index is 995. The van der Waals surface area contributed by atoms with Crippen LogP contribution in [0.5, 0.6) is 11.5 Å². The molecule has 1 aliphatic heterocycles. The molecule has 2 aliphatic rings. The summed E-state index contributed by atoms with van der Waals surface area (Å²) in [6, 6.07) is 2.55. The molecule has 4 unspecified atom stereocenters. The molecule has 0 fully saturated rings. The molecule has 1 aromatic carbocycles. The van der Waals surface area contributed by atoms with E-state index in [9.17, 15) is 24.9 Å². The number of hydrogen-bond donors (Lipinski definition) is 4. The summed E-state index contributed by atoms with van der Waals surface area (Å²) in [5, 5.41) is 33.3. The first kappa shape index (κ1) is 28.6. The van der Waals surface area contributed by atoms with E-state index in [-0.39, 0.29) is 32.1 Å². The number of aliphatic hydroxyl groups excluding tert-OH is 3. The fourth-order valence-electron chi connectivity index (χ4n) is 4.91. The van der Waals surface area contributed by atoms with Gasteiger partial charge in [0.15, 0.2) is 11.5 Å². The lowest BCUT2D eigenvalue weighted by molar-refractivity contribution is -0.137. The molecule has 0 spiro atoms. The van der Waals surface area contributed by atoms with Gasteiger partial charge in [0.2, 0.25) is 11.8 Å². The normalized spacial score (nSPS) is 21.8. The molecular weight excluding hydrogens is 480 g/mol. The van der Waals surface area contributed by atoms with Crippen LogP contribution in [0.3, 0.4) is 0 Å². The number of nitrogens with zero attached hydrogens (tertiary/aromatic N) is 1. The Labute approximate surface area is 217 Å². The number of benzene rings is 1. The molecule has 1 aromatic rings. The monoisotopic (exact) mass is 518 g/mol. The number of aliphatic hydroxyl groups is 3. The average molecular weight is 519 g/mol. The number of fused-ring (bicyclic) bond motifs is 3. The number of carbonyl (C=O) groups excluding carboxylic acids is 2. The molecule has 2 amide bonds. The van der Waals surface area contributed by atoms with Crippen LogP contribution in [-0.2, 0) is 20.9 Å². The Balaban J connectivity index is 2.06. The van der Waals surface area contributed by atoms with Gasteiger partial charge in [-0.3, -0.25) is 9.59 Å². The minimum atomic E-state index is -1.14. The van der Waals surface area contributed by atoms with Crippen molar-refractivity contribution >= 4 is 11.8 Å². The topological polar surface area (TPSA) is 138 Å². The third kappa shape index (κ3) is 6.32. The Hall–Kier alpha value is -2.92. The van der Waals surface area contributed by atoms with Gasteiger partial charge < -0.3 is 39.7 Å². The molecule has 4 atom stereocenters. The summed E-state index contributed by atoms with van der Waals surface area (Å²) in [6.45, 7) is 6.48. The molecule has 0 bridgehead atoms. The molecule has 204 valence electrons. The van der Waals surface area contributed by atoms with Crippen molar-refractivity contribution in [2.24, 2.45) is 0 Å². The molecule has 10 nitrogen and oxygen atoms in total. The highest BCUT2D eigenvalue weighted by Gasteiger charge is 2.51. The predicted molar refractivity (Wildman–Crippen MR) is 136 cm³/mol. The minimum absolute atomic E-state index is 0.0465. The maximum absolute atomic E-state index is 13.3. The third-order valence-electron chi connectivity index (χ3n) is 6.63. The van der Waals surface area contributed by atoms with Gasteiger partial charge in [0, 0.05) is 43.9 Å². The van der Waals surface area contributed by atoms with Gasteiger partial charge in [0.25, 0.3) is 0 Å². The standard InChI is InChI=1S/C27H38N2O8/c1-4-6-8-22(32)29(10-7-12-36-5-2)20-15-19(27(34)28-9-11-30)23-18-13-17(16-31)14-21(35-3)25(18)37-26(23)24(20)33/h4,13-15,20,23-24,26,30-31,33H,1,5-12,16H2,2-3H3,(H,28,34). The fraction of sp³-hybridized carbons (Fsp3) is 0.556. The molecule has 4 N–H and O–H groups in total. The second-order valence-corrected chi connectivity index (χ2v) is 8.98. The van der Waals surface area contributed by atoms with Crippen molar-refractivity contribution in [3.05, 3.63) is 47.6 Å². The van der Waals surface area contributed by atoms with E-state index in [2.05, 4.69) is 11.9 Å². The van der Waals surface area contributed by atoms with Crippen LogP contribution in [0, 0.1) is 0 Å². The zero-order valence-electron chi connectivity index (χ0n) is 21.5. The fourth-order valence-corrected chi connectivity index (χ4v) is 4.91. The van der Waals surface area contributed by atoms with Gasteiger partial charge in [-0.2, -0.15) is 0 Å². The summed E-state index contributed by atoms with van der Waals surface area (Å²) in [5.41, 5.74) is 1.50. The second kappa shape index (κ2) is 13.6. The van der Waals surface area contributed by atoms with Crippen molar-refractivity contribution in [2.45, 2.75) is 57.0 Å². The first-order valence-electron chi connectivity index (χ1n) is 12.7. The zero-order chi connectivity index (χ0) is 26.9. The lowest BCUT2D eigenvalue weighted by Gasteiger charge is -2.40. The number of nitrogens with one attached hydrogen (secondary N) is 1. The Morgan fingerprint density at radius 2 is 2.08 bits per heavy atom. The van der Waals surface area contributed by atoms with Crippen LogP contribution in [0.15, 0.2) is 36.4 Å². The van der Waals surface area contributed by atoms with E-state index in [0.29, 0.717) is 60.8 Å². The maximum Gasteiger partial charge on any atom is 0.247 e. The molecule has 3 rings (SSSR count). The number of ether oxygens (including phenoxy) is 3. The van der Waals surface area contributed by atoms with Gasteiger partial charge in [-0.25, -0.2) is 0 Å². The van der Waals surface area contributed by atoms with Crippen LogP contribution in [0.25, 0.3) is 0 Å². The summed E-state index contributed by atoms with van der Waals surface area (Å²) in [7, 11) is 1.48. The molecule has 0 saturated carbocycles. The summed E-state index contributed by atoms with van der Waals surface area (Å²) >= 11 is 0. The van der Waals surface area contributed by atoms with Crippen molar-refractivity contribution < 1.29 is 39.1 Å². The third-order valence-corrected chi connectivity index (χ3v) is 6.63. The quantitative estimate of drug-likeness (QED) is 0.212. The second-order valence-electron chi connectivity index (χ2n) is 8.98. The summed E-state index contributed by atoms with van der Waals surface area (Å²) in [5.74, 6) is -0.505. The zero-order valence-corrected chi connectivity index (χ0v) is 21.5. The first-order valence-corrected chi connectivity index (χ1v) is 12.7. The average Bonchev–Trinajstić information content (AvgIpc) is 3.30. The van der Waals surface area contributed by atoms with Gasteiger partial charge in [-0.15, -0.1) is 6.58 Å². The van der Waals surface area contributed by atoms with E-state index < -0.39 is 30.1 Å². The highest BCUT2D eigenvalue weighted by Crippen LogP contribution is 2.51. The van der Waals surface area contributed by atoms with Crippen LogP contribution in [0.1, 0.15) is 43.2 Å². The molecule has 37 heavy (non-hydrogen) atoms. The van der Waals surface area contributed by atoms with Crippen LogP contribution in [0.2, 0.25) is 0 Å². The number of hydrogen-bond acceptors (Lipinski definition) is 8. The van der Waals surface area contributed by atoms with E-state index in [1.807, 2.05) is 6.92 Å². The maximum atomic E-state index is 13.3.